The van der Waals surface area contributed by atoms with Gasteiger partial charge in [-0.15, -0.1) is 0 Å². The third-order valence-electron chi connectivity index (χ3n) is 5.51. The highest BCUT2D eigenvalue weighted by molar-refractivity contribution is 6.22. The molecule has 1 unspecified atom stereocenters. The number of carbonyl (C=O) groups is 4. The first-order valence-electron chi connectivity index (χ1n) is 10.8. The van der Waals surface area contributed by atoms with E-state index in [1.165, 1.54) is 0 Å². The molecule has 33 heavy (non-hydrogen) atoms. The number of hydrogen-bond acceptors (Lipinski definition) is 5. The van der Waals surface area contributed by atoms with Crippen molar-refractivity contribution in [2.45, 2.75) is 26.3 Å². The highest BCUT2D eigenvalue weighted by atomic mass is 16.5. The van der Waals surface area contributed by atoms with E-state index in [-0.39, 0.29) is 23.5 Å². The minimum atomic E-state index is -1.11. The van der Waals surface area contributed by atoms with E-state index >= 15 is 0 Å². The maximum atomic E-state index is 12.9. The maximum Gasteiger partial charge on any atom is 0.329 e. The first kappa shape index (κ1) is 22.2. The van der Waals surface area contributed by atoms with Gasteiger partial charge in [0.15, 0.2) is 6.61 Å². The van der Waals surface area contributed by atoms with Crippen molar-refractivity contribution in [2.24, 2.45) is 5.92 Å². The normalized spacial score (nSPS) is 13.8. The number of imide groups is 1. The maximum absolute atomic E-state index is 12.9. The Kier molecular flexibility index (Phi) is 6.22. The van der Waals surface area contributed by atoms with Gasteiger partial charge >= 0.3 is 5.97 Å². The summed E-state index contributed by atoms with van der Waals surface area (Å²) in [5.41, 5.74) is 1.13. The van der Waals surface area contributed by atoms with E-state index in [4.69, 9.17) is 4.74 Å². The molecule has 0 aromatic heterocycles. The molecule has 3 amide bonds. The molecule has 3 aromatic carbocycles. The Hall–Kier alpha value is -4.00. The summed E-state index contributed by atoms with van der Waals surface area (Å²) in [6.45, 7) is 3.23. The molecule has 0 bridgehead atoms. The van der Waals surface area contributed by atoms with Crippen LogP contribution < -0.4 is 5.32 Å². The van der Waals surface area contributed by atoms with Crippen LogP contribution in [0.5, 0.6) is 0 Å². The average molecular weight is 444 g/mol. The molecule has 0 fully saturated rings. The Morgan fingerprint density at radius 2 is 1.48 bits per heavy atom. The molecule has 1 heterocycles. The van der Waals surface area contributed by atoms with Gasteiger partial charge in [0.05, 0.1) is 11.1 Å². The summed E-state index contributed by atoms with van der Waals surface area (Å²) in [6.07, 6.45) is 0.231. The summed E-state index contributed by atoms with van der Waals surface area (Å²) < 4.78 is 5.26. The molecular weight excluding hydrogens is 420 g/mol. The summed E-state index contributed by atoms with van der Waals surface area (Å²) >= 11 is 0. The van der Waals surface area contributed by atoms with Crippen LogP contribution in [0.15, 0.2) is 66.7 Å². The molecule has 0 spiro atoms. The topological polar surface area (TPSA) is 92.8 Å². The quantitative estimate of drug-likeness (QED) is 0.439. The van der Waals surface area contributed by atoms with Crippen molar-refractivity contribution in [1.82, 2.24) is 4.90 Å². The molecular formula is C26H24N2O5. The Labute approximate surface area is 191 Å². The van der Waals surface area contributed by atoms with Gasteiger partial charge in [-0.1, -0.05) is 62.4 Å². The minimum absolute atomic E-state index is 0.0105. The third-order valence-corrected chi connectivity index (χ3v) is 5.51. The van der Waals surface area contributed by atoms with Crippen molar-refractivity contribution in [1.29, 1.82) is 0 Å². The zero-order chi connectivity index (χ0) is 23.5. The van der Waals surface area contributed by atoms with E-state index in [0.29, 0.717) is 5.69 Å². The molecule has 3 aromatic rings. The standard InChI is InChI=1S/C26H24N2O5/c1-16(2)14-22(28-24(30)19-11-5-6-12-20(19)25(28)31)26(32)33-15-23(29)27-21-13-7-9-17-8-3-4-10-18(17)21/h3-13,16,22H,14-15H2,1-2H3,(H,27,29). The number of ether oxygens (including phenoxy) is 1. The van der Waals surface area contributed by atoms with Crippen LogP contribution in [0.3, 0.4) is 0 Å². The van der Waals surface area contributed by atoms with E-state index in [9.17, 15) is 19.2 Å². The number of hydrogen-bond donors (Lipinski definition) is 1. The second kappa shape index (κ2) is 9.24. The number of anilines is 1. The summed E-state index contributed by atoms with van der Waals surface area (Å²) in [7, 11) is 0. The molecule has 0 saturated carbocycles. The molecule has 7 heteroatoms. The number of fused-ring (bicyclic) bond motifs is 2. The van der Waals surface area contributed by atoms with Gasteiger partial charge in [0.1, 0.15) is 6.04 Å². The van der Waals surface area contributed by atoms with E-state index in [2.05, 4.69) is 5.32 Å². The molecule has 1 aliphatic heterocycles. The van der Waals surface area contributed by atoms with Crippen LogP contribution in [-0.2, 0) is 14.3 Å². The Bertz CT molecular complexity index is 1210. The first-order chi connectivity index (χ1) is 15.9. The summed E-state index contributed by atoms with van der Waals surface area (Å²) in [6, 6.07) is 18.5. The zero-order valence-corrected chi connectivity index (χ0v) is 18.4. The fourth-order valence-corrected chi connectivity index (χ4v) is 4.00. The largest absolute Gasteiger partial charge is 0.454 e. The first-order valence-corrected chi connectivity index (χ1v) is 10.8. The lowest BCUT2D eigenvalue weighted by Crippen LogP contribution is -2.46. The molecule has 1 N–H and O–H groups in total. The van der Waals surface area contributed by atoms with Crippen molar-refractivity contribution < 1.29 is 23.9 Å². The van der Waals surface area contributed by atoms with Crippen LogP contribution in [0.4, 0.5) is 5.69 Å². The van der Waals surface area contributed by atoms with Crippen molar-refractivity contribution in [3.8, 4) is 0 Å². The summed E-state index contributed by atoms with van der Waals surface area (Å²) in [4.78, 5) is 52.1. The summed E-state index contributed by atoms with van der Waals surface area (Å²) in [5.74, 6) is -2.34. The van der Waals surface area contributed by atoms with E-state index in [0.717, 1.165) is 15.7 Å². The number of nitrogens with zero attached hydrogens (tertiary/aromatic N) is 1. The summed E-state index contributed by atoms with van der Waals surface area (Å²) in [5, 5.41) is 4.59. The SMILES string of the molecule is CC(C)CC(C(=O)OCC(=O)Nc1cccc2ccccc12)N1C(=O)c2ccccc2C1=O. The molecule has 168 valence electrons. The van der Waals surface area contributed by atoms with E-state index in [1.54, 1.807) is 30.3 Å². The van der Waals surface area contributed by atoms with Gasteiger partial charge in [-0.25, -0.2) is 4.79 Å². The van der Waals surface area contributed by atoms with Crippen LogP contribution >= 0.6 is 0 Å². The highest BCUT2D eigenvalue weighted by Gasteiger charge is 2.43. The van der Waals surface area contributed by atoms with E-state index in [1.807, 2.05) is 50.2 Å². The molecule has 0 saturated heterocycles. The molecule has 0 aliphatic carbocycles. The Balaban J connectivity index is 1.46. The number of carbonyl (C=O) groups excluding carboxylic acids is 4. The van der Waals surface area contributed by atoms with Crippen molar-refractivity contribution in [3.63, 3.8) is 0 Å². The smallest absolute Gasteiger partial charge is 0.329 e. The lowest BCUT2D eigenvalue weighted by molar-refractivity contribution is -0.151. The van der Waals surface area contributed by atoms with Crippen molar-refractivity contribution in [2.75, 3.05) is 11.9 Å². The van der Waals surface area contributed by atoms with Gasteiger partial charge < -0.3 is 10.1 Å². The van der Waals surface area contributed by atoms with Gasteiger partial charge in [0.25, 0.3) is 17.7 Å². The monoisotopic (exact) mass is 444 g/mol. The van der Waals surface area contributed by atoms with Gasteiger partial charge in [0.2, 0.25) is 0 Å². The van der Waals surface area contributed by atoms with Crippen LogP contribution in [0.1, 0.15) is 41.0 Å². The van der Waals surface area contributed by atoms with Gasteiger partial charge in [0, 0.05) is 11.1 Å². The number of amides is 3. The van der Waals surface area contributed by atoms with Crippen LogP contribution in [-0.4, -0.2) is 41.2 Å². The van der Waals surface area contributed by atoms with Crippen molar-refractivity contribution in [3.05, 3.63) is 77.9 Å². The molecule has 1 aliphatic rings. The van der Waals surface area contributed by atoms with Crippen LogP contribution in [0.2, 0.25) is 0 Å². The molecule has 0 radical (unpaired) electrons. The molecule has 7 nitrogen and oxygen atoms in total. The minimum Gasteiger partial charge on any atom is -0.454 e. The van der Waals surface area contributed by atoms with Gasteiger partial charge in [-0.05, 0) is 35.9 Å². The lowest BCUT2D eigenvalue weighted by atomic mass is 10.0. The number of nitrogens with one attached hydrogen (secondary N) is 1. The molecule has 1 atom stereocenters. The number of benzene rings is 3. The lowest BCUT2D eigenvalue weighted by Gasteiger charge is -2.25. The second-order valence-corrected chi connectivity index (χ2v) is 8.35. The Morgan fingerprint density at radius 3 is 2.15 bits per heavy atom. The van der Waals surface area contributed by atoms with Crippen molar-refractivity contribution >= 4 is 40.2 Å². The highest BCUT2D eigenvalue weighted by Crippen LogP contribution is 2.27. The number of esters is 1. The Morgan fingerprint density at radius 1 is 0.879 bits per heavy atom. The van der Waals surface area contributed by atoms with Crippen LogP contribution in [0.25, 0.3) is 10.8 Å². The fourth-order valence-electron chi connectivity index (χ4n) is 4.00. The molecule has 4 rings (SSSR count). The van der Waals surface area contributed by atoms with Crippen LogP contribution in [0, 0.1) is 5.92 Å². The number of rotatable bonds is 7. The third kappa shape index (κ3) is 4.48. The zero-order valence-electron chi connectivity index (χ0n) is 18.4. The van der Waals surface area contributed by atoms with Gasteiger partial charge in [-0.3, -0.25) is 19.3 Å². The second-order valence-electron chi connectivity index (χ2n) is 8.35. The van der Waals surface area contributed by atoms with E-state index < -0.39 is 36.3 Å². The average Bonchev–Trinajstić information content (AvgIpc) is 3.06. The van der Waals surface area contributed by atoms with Gasteiger partial charge in [-0.2, -0.15) is 0 Å². The fraction of sp³-hybridized carbons (Fsp3) is 0.231. The predicted molar refractivity (Wildman–Crippen MR) is 124 cm³/mol. The predicted octanol–water partition coefficient (Wildman–Crippen LogP) is 4.03.